The Morgan fingerprint density at radius 1 is 1.14 bits per heavy atom. The minimum absolute atomic E-state index is 0.0455. The van der Waals surface area contributed by atoms with E-state index in [2.05, 4.69) is 53.2 Å². The molecule has 0 heterocycles. The fourth-order valence-corrected chi connectivity index (χ4v) is 3.12. The van der Waals surface area contributed by atoms with Crippen molar-refractivity contribution in [1.82, 2.24) is 0 Å². The second kappa shape index (κ2) is 7.10. The second-order valence-electron chi connectivity index (χ2n) is 5.34. The highest BCUT2D eigenvalue weighted by Gasteiger charge is 2.29. The molecule has 1 atom stereocenters. The van der Waals surface area contributed by atoms with Gasteiger partial charge in [0.2, 0.25) is 0 Å². The molecule has 0 aliphatic heterocycles. The van der Waals surface area contributed by atoms with E-state index in [9.17, 15) is 0 Å². The molecule has 3 heteroatoms. The van der Waals surface area contributed by atoms with Gasteiger partial charge in [0.1, 0.15) is 5.75 Å². The fourth-order valence-electron chi connectivity index (χ4n) is 2.74. The molecule has 0 aliphatic carbocycles. The summed E-state index contributed by atoms with van der Waals surface area (Å²) in [6.45, 7) is 2.82. The minimum Gasteiger partial charge on any atom is -0.497 e. The number of hydrogen-bond acceptors (Lipinski definition) is 2. The molecule has 0 saturated heterocycles. The molecule has 0 radical (unpaired) electrons. The molecule has 2 rings (SSSR count). The van der Waals surface area contributed by atoms with E-state index < -0.39 is 0 Å². The third kappa shape index (κ3) is 3.47. The van der Waals surface area contributed by atoms with E-state index in [0.717, 1.165) is 23.1 Å². The highest BCUT2D eigenvalue weighted by molar-refractivity contribution is 9.10. The maximum absolute atomic E-state index is 6.17. The summed E-state index contributed by atoms with van der Waals surface area (Å²) in [4.78, 5) is 0. The summed E-state index contributed by atoms with van der Waals surface area (Å²) >= 11 is 3.65. The second-order valence-corrected chi connectivity index (χ2v) is 6.19. The van der Waals surface area contributed by atoms with Gasteiger partial charge in [-0.3, -0.25) is 0 Å². The summed E-state index contributed by atoms with van der Waals surface area (Å²) < 4.78 is 6.45. The van der Waals surface area contributed by atoms with Gasteiger partial charge < -0.3 is 10.5 Å². The Hall–Kier alpha value is -1.32. The number of hydrogen-bond donors (Lipinski definition) is 1. The quantitative estimate of drug-likeness (QED) is 0.844. The smallest absolute Gasteiger partial charge is 0.119 e. The molecular weight excluding hydrogens is 326 g/mol. The molecule has 2 aromatic carbocycles. The molecule has 1 unspecified atom stereocenters. The average molecular weight is 348 g/mol. The fraction of sp³-hybridized carbons (Fsp3) is 0.333. The topological polar surface area (TPSA) is 35.2 Å². The number of rotatable bonds is 6. The van der Waals surface area contributed by atoms with Gasteiger partial charge in [0.05, 0.1) is 7.11 Å². The first kappa shape index (κ1) is 16.1. The molecule has 0 aromatic heterocycles. The van der Waals surface area contributed by atoms with Crippen LogP contribution in [0.5, 0.6) is 5.75 Å². The Bertz CT molecular complexity index is 579. The van der Waals surface area contributed by atoms with Gasteiger partial charge in [-0.1, -0.05) is 53.2 Å². The number of methoxy groups -OCH3 is 1. The van der Waals surface area contributed by atoms with Crippen LogP contribution in [-0.4, -0.2) is 13.7 Å². The van der Waals surface area contributed by atoms with Gasteiger partial charge >= 0.3 is 0 Å². The van der Waals surface area contributed by atoms with E-state index in [4.69, 9.17) is 10.5 Å². The predicted octanol–water partition coefficient (Wildman–Crippen LogP) is 4.31. The van der Waals surface area contributed by atoms with Gasteiger partial charge in [-0.05, 0) is 42.2 Å². The molecular formula is C18H22BrNO. The van der Waals surface area contributed by atoms with E-state index in [-0.39, 0.29) is 5.41 Å². The van der Waals surface area contributed by atoms with Crippen molar-refractivity contribution in [1.29, 1.82) is 0 Å². The SMILES string of the molecule is CCC(CN)(Cc1cc(OC)ccc1Br)c1ccccc1. The first-order valence-corrected chi connectivity index (χ1v) is 8.02. The van der Waals surface area contributed by atoms with Crippen molar-refractivity contribution < 1.29 is 4.74 Å². The van der Waals surface area contributed by atoms with Crippen molar-refractivity contribution in [2.45, 2.75) is 25.2 Å². The van der Waals surface area contributed by atoms with Gasteiger partial charge in [-0.15, -0.1) is 0 Å². The molecule has 0 amide bonds. The highest BCUT2D eigenvalue weighted by Crippen LogP contribution is 2.34. The Morgan fingerprint density at radius 3 is 2.43 bits per heavy atom. The van der Waals surface area contributed by atoms with Crippen LogP contribution in [0.3, 0.4) is 0 Å². The van der Waals surface area contributed by atoms with Crippen LogP contribution in [0.1, 0.15) is 24.5 Å². The van der Waals surface area contributed by atoms with Crippen molar-refractivity contribution in [3.05, 3.63) is 64.1 Å². The molecule has 0 fully saturated rings. The molecule has 21 heavy (non-hydrogen) atoms. The highest BCUT2D eigenvalue weighted by atomic mass is 79.9. The molecule has 0 bridgehead atoms. The minimum atomic E-state index is -0.0455. The van der Waals surface area contributed by atoms with Gasteiger partial charge in [-0.25, -0.2) is 0 Å². The van der Waals surface area contributed by atoms with Gasteiger partial charge in [0.15, 0.2) is 0 Å². The molecule has 0 spiro atoms. The van der Waals surface area contributed by atoms with Gasteiger partial charge in [0, 0.05) is 16.4 Å². The average Bonchev–Trinajstić information content (AvgIpc) is 2.55. The van der Waals surface area contributed by atoms with Crippen LogP contribution in [0, 0.1) is 0 Å². The number of halogens is 1. The van der Waals surface area contributed by atoms with Crippen molar-refractivity contribution >= 4 is 15.9 Å². The summed E-state index contributed by atoms with van der Waals surface area (Å²) in [5, 5.41) is 0. The molecule has 2 N–H and O–H groups in total. The number of benzene rings is 2. The van der Waals surface area contributed by atoms with E-state index in [1.807, 2.05) is 18.2 Å². The van der Waals surface area contributed by atoms with E-state index in [0.29, 0.717) is 6.54 Å². The Labute approximate surface area is 135 Å². The lowest BCUT2D eigenvalue weighted by Crippen LogP contribution is -2.37. The molecule has 0 saturated carbocycles. The summed E-state index contributed by atoms with van der Waals surface area (Å²) in [5.74, 6) is 0.878. The zero-order valence-corrected chi connectivity index (χ0v) is 14.2. The number of nitrogens with two attached hydrogens (primary N) is 1. The first-order valence-electron chi connectivity index (χ1n) is 7.23. The molecule has 112 valence electrons. The van der Waals surface area contributed by atoms with E-state index >= 15 is 0 Å². The first-order chi connectivity index (χ1) is 10.1. The summed E-state index contributed by atoms with van der Waals surface area (Å²) in [7, 11) is 1.69. The van der Waals surface area contributed by atoms with Crippen molar-refractivity contribution in [3.63, 3.8) is 0 Å². The summed E-state index contributed by atoms with van der Waals surface area (Å²) in [6, 6.07) is 16.6. The zero-order chi connectivity index (χ0) is 15.3. The maximum atomic E-state index is 6.17. The predicted molar refractivity (Wildman–Crippen MR) is 91.9 cm³/mol. The van der Waals surface area contributed by atoms with Gasteiger partial charge in [-0.2, -0.15) is 0 Å². The molecule has 2 aromatic rings. The Kier molecular flexibility index (Phi) is 5.43. The lowest BCUT2D eigenvalue weighted by atomic mass is 9.73. The van der Waals surface area contributed by atoms with Gasteiger partial charge in [0.25, 0.3) is 0 Å². The Balaban J connectivity index is 2.41. The third-order valence-electron chi connectivity index (χ3n) is 4.24. The third-order valence-corrected chi connectivity index (χ3v) is 5.01. The van der Waals surface area contributed by atoms with E-state index in [1.54, 1.807) is 7.11 Å². The summed E-state index contributed by atoms with van der Waals surface area (Å²) in [6.07, 6.45) is 1.89. The molecule has 2 nitrogen and oxygen atoms in total. The lowest BCUT2D eigenvalue weighted by molar-refractivity contribution is 0.405. The maximum Gasteiger partial charge on any atom is 0.119 e. The van der Waals surface area contributed by atoms with Crippen LogP contribution in [0.2, 0.25) is 0 Å². The lowest BCUT2D eigenvalue weighted by Gasteiger charge is -2.33. The number of ether oxygens (including phenoxy) is 1. The van der Waals surface area contributed by atoms with Crippen LogP contribution in [-0.2, 0) is 11.8 Å². The van der Waals surface area contributed by atoms with Crippen molar-refractivity contribution in [2.75, 3.05) is 13.7 Å². The largest absolute Gasteiger partial charge is 0.497 e. The van der Waals surface area contributed by atoms with Crippen LogP contribution < -0.4 is 10.5 Å². The van der Waals surface area contributed by atoms with E-state index in [1.165, 1.54) is 11.1 Å². The van der Waals surface area contributed by atoms with Crippen molar-refractivity contribution in [2.24, 2.45) is 5.73 Å². The monoisotopic (exact) mass is 347 g/mol. The summed E-state index contributed by atoms with van der Waals surface area (Å²) in [5.41, 5.74) is 8.65. The standard InChI is InChI=1S/C18H22BrNO/c1-3-18(13-20,15-7-5-4-6-8-15)12-14-11-16(21-2)9-10-17(14)19/h4-11H,3,12-13,20H2,1-2H3. The van der Waals surface area contributed by atoms with Crippen molar-refractivity contribution in [3.8, 4) is 5.75 Å². The van der Waals surface area contributed by atoms with Crippen LogP contribution >= 0.6 is 15.9 Å². The Morgan fingerprint density at radius 2 is 1.86 bits per heavy atom. The van der Waals surface area contributed by atoms with Crippen LogP contribution in [0.15, 0.2) is 53.0 Å². The molecule has 0 aliphatic rings. The zero-order valence-electron chi connectivity index (χ0n) is 12.6. The van der Waals surface area contributed by atoms with Crippen LogP contribution in [0.25, 0.3) is 0 Å². The normalized spacial score (nSPS) is 13.7. The van der Waals surface area contributed by atoms with Crippen LogP contribution in [0.4, 0.5) is 0 Å².